The number of nitrogens with one attached hydrogen (secondary N) is 2. The van der Waals surface area contributed by atoms with Gasteiger partial charge in [-0.15, -0.1) is 6.54 Å². The van der Waals surface area contributed by atoms with Crippen LogP contribution in [0, 0.1) is 7.05 Å². The van der Waals surface area contributed by atoms with Crippen LogP contribution in [0.2, 0.25) is 6.82 Å². The van der Waals surface area contributed by atoms with Crippen LogP contribution in [0.15, 0.2) is 146 Å². The number of fused-ring (bicyclic) bond motifs is 4. The van der Waals surface area contributed by atoms with Crippen LogP contribution in [-0.2, 0) is 15.1 Å². The summed E-state index contributed by atoms with van der Waals surface area (Å²) in [4.78, 5) is 1.94. The summed E-state index contributed by atoms with van der Waals surface area (Å²) in [6.07, 6.45) is 0.915. The molecule has 350 valence electrons. The minimum atomic E-state index is -0.578. The molecular formula is C55H66BCl2N3OP4Ru+2. The van der Waals surface area contributed by atoms with Gasteiger partial charge in [-0.3, -0.25) is 7.05 Å². The molecule has 1 aliphatic rings. The Morgan fingerprint density at radius 1 is 0.612 bits per heavy atom. The first kappa shape index (κ1) is 54.0. The van der Waals surface area contributed by atoms with E-state index in [0.717, 1.165) is 13.0 Å². The van der Waals surface area contributed by atoms with Gasteiger partial charge in [-0.1, -0.05) is 149 Å². The number of hydrogen-bond donors (Lipinski definition) is 2. The molecule has 0 bridgehead atoms. The zero-order valence-electron chi connectivity index (χ0n) is 40.3. The molecule has 0 unspecified atom stereocenters. The van der Waals surface area contributed by atoms with Crippen LogP contribution >= 0.6 is 51.1 Å². The van der Waals surface area contributed by atoms with Crippen molar-refractivity contribution in [1.29, 1.82) is 0 Å². The molecule has 0 spiro atoms. The molecule has 8 aromatic rings. The molecule has 67 heavy (non-hydrogen) atoms. The topological polar surface area (TPSA) is 59.3 Å². The van der Waals surface area contributed by atoms with Gasteiger partial charge in [0.2, 0.25) is 0 Å². The maximum absolute atomic E-state index is 9.36. The fourth-order valence-corrected chi connectivity index (χ4v) is 13.9. The normalized spacial score (nSPS) is 15.0. The van der Waals surface area contributed by atoms with E-state index in [4.69, 9.17) is 25.1 Å². The van der Waals surface area contributed by atoms with E-state index in [0.29, 0.717) is 12.6 Å². The first-order valence-electron chi connectivity index (χ1n) is 22.8. The molecular weight excluding hydrogens is 1030 g/mol. The summed E-state index contributed by atoms with van der Waals surface area (Å²) in [6.45, 7) is 22.0. The van der Waals surface area contributed by atoms with E-state index in [1.54, 1.807) is 17.4 Å². The van der Waals surface area contributed by atoms with Gasteiger partial charge in [-0.2, -0.15) is 0 Å². The van der Waals surface area contributed by atoms with Gasteiger partial charge < -0.3 is 20.9 Å². The molecule has 2 atom stereocenters. The second kappa shape index (κ2) is 25.7. The summed E-state index contributed by atoms with van der Waals surface area (Å²) in [5.74, 6) is 0. The first-order chi connectivity index (χ1) is 32.3. The Labute approximate surface area is 422 Å². The predicted octanol–water partition coefficient (Wildman–Crippen LogP) is 13.6. The Bertz CT molecular complexity index is 2540. The van der Waals surface area contributed by atoms with Crippen molar-refractivity contribution in [2.75, 3.05) is 66.4 Å². The van der Waals surface area contributed by atoms with E-state index in [9.17, 15) is 5.02 Å². The number of rotatable bonds is 9. The Balaban J connectivity index is 0.000000171. The van der Waals surface area contributed by atoms with Crippen molar-refractivity contribution in [1.82, 2.24) is 10.1 Å². The van der Waals surface area contributed by atoms with Crippen LogP contribution in [0.25, 0.3) is 71.1 Å². The van der Waals surface area contributed by atoms with Crippen LogP contribution in [0.1, 0.15) is 6.42 Å². The molecule has 9 rings (SSSR count). The van der Waals surface area contributed by atoms with Crippen LogP contribution < -0.4 is 26.5 Å². The molecule has 8 aromatic carbocycles. The molecule has 4 nitrogen and oxygen atoms in total. The van der Waals surface area contributed by atoms with E-state index in [1.807, 2.05) is 4.81 Å². The van der Waals surface area contributed by atoms with Crippen LogP contribution in [-0.4, -0.2) is 95.4 Å². The maximum atomic E-state index is 9.36. The fourth-order valence-electron chi connectivity index (χ4n) is 9.45. The van der Waals surface area contributed by atoms with Crippen molar-refractivity contribution in [2.45, 2.75) is 25.3 Å². The predicted molar refractivity (Wildman–Crippen MR) is 312 cm³/mol. The van der Waals surface area contributed by atoms with Gasteiger partial charge in [-0.05, 0) is 129 Å². The van der Waals surface area contributed by atoms with E-state index < -0.39 is 22.9 Å². The second-order valence-corrected chi connectivity index (χ2v) is 30.2. The minimum absolute atomic E-state index is 0.184. The van der Waals surface area contributed by atoms with Crippen molar-refractivity contribution in [3.8, 4) is 22.3 Å². The van der Waals surface area contributed by atoms with E-state index in [2.05, 4.69) is 211 Å². The van der Waals surface area contributed by atoms with Gasteiger partial charge in [0.15, 0.2) is 0 Å². The van der Waals surface area contributed by atoms with Gasteiger partial charge >= 0.3 is 41.6 Å². The van der Waals surface area contributed by atoms with E-state index in [-0.39, 0.29) is 37.0 Å². The molecule has 0 saturated carbocycles. The van der Waals surface area contributed by atoms with Crippen molar-refractivity contribution in [3.63, 3.8) is 0 Å². The molecule has 0 amide bonds. The Morgan fingerprint density at radius 3 is 1.22 bits per heavy atom. The number of hydrogen-bond acceptors (Lipinski definition) is 3. The Hall–Kier alpha value is -2.37. The van der Waals surface area contributed by atoms with Gasteiger partial charge in [0.25, 0.3) is 0 Å². The molecule has 0 aromatic heterocycles. The summed E-state index contributed by atoms with van der Waals surface area (Å²) in [5.41, 5.74) is 13.2. The molecule has 1 saturated heterocycles. The van der Waals surface area contributed by atoms with Crippen molar-refractivity contribution < 1.29 is 20.2 Å². The number of halogens is 2. The van der Waals surface area contributed by atoms with Gasteiger partial charge in [0.1, 0.15) is 0 Å². The summed E-state index contributed by atoms with van der Waals surface area (Å²) in [7, 11) is 11.3. The van der Waals surface area contributed by atoms with Crippen molar-refractivity contribution in [3.05, 3.63) is 158 Å². The van der Waals surface area contributed by atoms with Crippen LogP contribution in [0.5, 0.6) is 0 Å². The van der Waals surface area contributed by atoms with Crippen LogP contribution in [0.4, 0.5) is 0 Å². The van der Waals surface area contributed by atoms with Gasteiger partial charge in [0, 0.05) is 33.5 Å². The molecule has 1 aliphatic heterocycles. The van der Waals surface area contributed by atoms with Crippen molar-refractivity contribution >= 4 is 122 Å². The molecule has 0 radical (unpaired) electrons. The average Bonchev–Trinajstić information content (AvgIpc) is 3.77. The summed E-state index contributed by atoms with van der Waals surface area (Å²) in [6, 6.07) is 54.7. The number of nitrogens with zero attached hydrogens (tertiary/aromatic N) is 1. The average molecular weight is 1090 g/mol. The second-order valence-electron chi connectivity index (χ2n) is 17.9. The van der Waals surface area contributed by atoms with Crippen LogP contribution in [0.3, 0.4) is 0 Å². The third-order valence-corrected chi connectivity index (χ3v) is 18.3. The zero-order valence-corrected chi connectivity index (χ0v) is 47.4. The van der Waals surface area contributed by atoms with Crippen molar-refractivity contribution in [2.24, 2.45) is 0 Å². The quantitative estimate of drug-likeness (QED) is 0.0860. The van der Waals surface area contributed by atoms with E-state index >= 15 is 0 Å². The third-order valence-electron chi connectivity index (χ3n) is 12.7. The Kier molecular flexibility index (Phi) is 20.7. The summed E-state index contributed by atoms with van der Waals surface area (Å²) < 4.78 is 0. The molecule has 12 heteroatoms. The summed E-state index contributed by atoms with van der Waals surface area (Å²) >= 11 is -0.346. The summed E-state index contributed by atoms with van der Waals surface area (Å²) in [5, 5.41) is 29.3. The van der Waals surface area contributed by atoms with E-state index in [1.165, 1.54) is 76.0 Å². The first-order valence-corrected chi connectivity index (χ1v) is 36.7. The monoisotopic (exact) mass is 1090 g/mol. The molecule has 1 heterocycles. The molecule has 3 N–H and O–H groups in total. The Morgan fingerprint density at radius 2 is 0.940 bits per heavy atom. The third kappa shape index (κ3) is 12.8. The van der Waals surface area contributed by atoms with Gasteiger partial charge in [-0.25, -0.2) is 0 Å². The molecule has 0 aliphatic carbocycles. The zero-order chi connectivity index (χ0) is 48.4. The fraction of sp³-hybridized carbons (Fsp3) is 0.255. The van der Waals surface area contributed by atoms with Gasteiger partial charge in [0.05, 0.1) is 37.3 Å². The SMILES string of the molecule is CP(C)c1ccc2ccccc2c1-c1c(P(C)C)ccc2ccccc12.C[PH+](C)c1ccc2ccccc2c1-c1c([PH+](C)C)ccc2ccccc12.[CH2-]N[C@@H]1C[C@H](C[NH-])N(B(C)O)C1.[Cl][Ru+2][Cl]. The molecule has 1 fully saturated rings. The standard InChI is InChI=1S/2C24H24P2.C7H16BN3O.2ClH.Ru/c2*1-25(2)21-15-13-17-9-5-7-11-19(17)23(21)24-20-12-8-6-10-18(20)14-16-22(24)26(3)4;1-8(12)11-5-6(10-2)3-7(11)4-9;;;/h2*5-16H,1-4H3;6-7,9-10,12H,2-5H2,1H3;2*1H;/q;;-2;;;+4/t;;6-,7-;;;/m..1.../s1. The number of benzene rings is 8.